The number of aromatic nitrogens is 4. The van der Waals surface area contributed by atoms with Gasteiger partial charge in [0.2, 0.25) is 11.9 Å². The second kappa shape index (κ2) is 10.2. The maximum Gasteiger partial charge on any atom is 0.259 e. The Morgan fingerprint density at radius 1 is 1.11 bits per heavy atom. The zero-order chi connectivity index (χ0) is 26.0. The summed E-state index contributed by atoms with van der Waals surface area (Å²) in [5, 5.41) is 6.59. The monoisotopic (exact) mass is 526 g/mol. The smallest absolute Gasteiger partial charge is 0.259 e. The minimum atomic E-state index is -0.396. The molecule has 0 fully saturated rings. The number of benzene rings is 1. The summed E-state index contributed by atoms with van der Waals surface area (Å²) in [6.45, 7) is 3.44. The first kappa shape index (κ1) is 25.0. The van der Waals surface area contributed by atoms with E-state index in [0.29, 0.717) is 33.9 Å². The summed E-state index contributed by atoms with van der Waals surface area (Å²) in [5.41, 5.74) is 1.38. The Balaban J connectivity index is 1.82. The molecule has 0 saturated carbocycles. The number of pyridine rings is 2. The van der Waals surface area contributed by atoms with E-state index in [2.05, 4.69) is 32.2 Å². The fourth-order valence-corrected chi connectivity index (χ4v) is 4.22. The molecule has 0 aliphatic carbocycles. The van der Waals surface area contributed by atoms with E-state index in [0.717, 1.165) is 6.08 Å². The number of halogens is 2. The molecule has 0 atom stereocenters. The summed E-state index contributed by atoms with van der Waals surface area (Å²) in [6, 6.07) is 4.80. The second-order valence-corrected chi connectivity index (χ2v) is 8.17. The molecule has 2 N–H and O–H groups in total. The van der Waals surface area contributed by atoms with E-state index >= 15 is 0 Å². The van der Waals surface area contributed by atoms with Crippen LogP contribution in [-0.4, -0.2) is 39.6 Å². The van der Waals surface area contributed by atoms with Crippen LogP contribution < -0.4 is 25.7 Å². The predicted molar refractivity (Wildman–Crippen MR) is 140 cm³/mol. The van der Waals surface area contributed by atoms with Crippen LogP contribution in [-0.2, 0) is 11.8 Å². The first-order valence-electron chi connectivity index (χ1n) is 10.4. The van der Waals surface area contributed by atoms with Gasteiger partial charge in [-0.15, -0.1) is 0 Å². The van der Waals surface area contributed by atoms with Crippen molar-refractivity contribution in [2.45, 2.75) is 0 Å². The number of methoxy groups -OCH3 is 2. The summed E-state index contributed by atoms with van der Waals surface area (Å²) in [4.78, 5) is 38.0. The zero-order valence-electron chi connectivity index (χ0n) is 19.4. The fraction of sp³-hybridized carbons (Fsp3) is 0.125. The van der Waals surface area contributed by atoms with Crippen LogP contribution in [0.25, 0.3) is 22.2 Å². The van der Waals surface area contributed by atoms with Gasteiger partial charge in [0.15, 0.2) is 0 Å². The van der Waals surface area contributed by atoms with E-state index in [-0.39, 0.29) is 27.1 Å². The number of nitrogens with zero attached hydrogens (tertiary/aromatic N) is 4. The number of aryl methyl sites for hydroxylation is 1. The summed E-state index contributed by atoms with van der Waals surface area (Å²) in [6.07, 6.45) is 5.72. The Morgan fingerprint density at radius 2 is 1.81 bits per heavy atom. The third-order valence-corrected chi connectivity index (χ3v) is 6.05. The van der Waals surface area contributed by atoms with E-state index in [1.807, 2.05) is 0 Å². The Bertz CT molecular complexity index is 1540. The number of hydrogen-bond donors (Lipinski definition) is 2. The molecule has 0 radical (unpaired) electrons. The van der Waals surface area contributed by atoms with E-state index in [1.165, 1.54) is 25.0 Å². The SMILES string of the molecule is C=CC(=O)Nc1cnccc1Nc1ncc2cc(-c3c(Cl)c(OC)cc(OC)c3Cl)c(=O)n(C)c2n1. The lowest BCUT2D eigenvalue weighted by Crippen LogP contribution is -2.20. The molecule has 0 aliphatic heterocycles. The van der Waals surface area contributed by atoms with E-state index in [1.54, 1.807) is 37.6 Å². The maximum absolute atomic E-state index is 13.4. The van der Waals surface area contributed by atoms with Crippen molar-refractivity contribution in [3.8, 4) is 22.6 Å². The van der Waals surface area contributed by atoms with Crippen LogP contribution in [0.15, 0.2) is 54.2 Å². The normalized spacial score (nSPS) is 10.7. The Kier molecular flexibility index (Phi) is 7.09. The molecule has 0 spiro atoms. The summed E-state index contributed by atoms with van der Waals surface area (Å²) >= 11 is 13.1. The number of amides is 1. The van der Waals surface area contributed by atoms with Gasteiger partial charge in [0.1, 0.15) is 17.1 Å². The van der Waals surface area contributed by atoms with Crippen molar-refractivity contribution < 1.29 is 14.3 Å². The second-order valence-electron chi connectivity index (χ2n) is 7.42. The third-order valence-electron chi connectivity index (χ3n) is 5.30. The van der Waals surface area contributed by atoms with Gasteiger partial charge in [-0.05, 0) is 18.2 Å². The first-order valence-corrected chi connectivity index (χ1v) is 11.2. The van der Waals surface area contributed by atoms with Crippen molar-refractivity contribution in [3.05, 3.63) is 69.8 Å². The molecule has 10 nitrogen and oxygen atoms in total. The Labute approximate surface area is 215 Å². The number of carbonyl (C=O) groups is 1. The molecule has 3 aromatic heterocycles. The zero-order valence-corrected chi connectivity index (χ0v) is 20.9. The minimum absolute atomic E-state index is 0.172. The van der Waals surface area contributed by atoms with E-state index < -0.39 is 11.5 Å². The molecule has 0 aliphatic rings. The summed E-state index contributed by atoms with van der Waals surface area (Å²) in [5.74, 6) is 0.418. The summed E-state index contributed by atoms with van der Waals surface area (Å²) in [7, 11) is 4.48. The van der Waals surface area contributed by atoms with Crippen LogP contribution in [0.5, 0.6) is 11.5 Å². The van der Waals surface area contributed by atoms with Crippen LogP contribution in [0.4, 0.5) is 17.3 Å². The molecular weight excluding hydrogens is 507 g/mol. The molecule has 1 amide bonds. The fourth-order valence-electron chi connectivity index (χ4n) is 3.52. The molecule has 36 heavy (non-hydrogen) atoms. The Morgan fingerprint density at radius 3 is 2.44 bits per heavy atom. The van der Waals surface area contributed by atoms with Crippen molar-refractivity contribution in [3.63, 3.8) is 0 Å². The van der Waals surface area contributed by atoms with Gasteiger partial charge in [-0.2, -0.15) is 4.98 Å². The van der Waals surface area contributed by atoms with Gasteiger partial charge in [-0.3, -0.25) is 19.1 Å². The average Bonchev–Trinajstić information content (AvgIpc) is 2.88. The van der Waals surface area contributed by atoms with Crippen molar-refractivity contribution in [1.82, 2.24) is 19.5 Å². The molecule has 0 unspecified atom stereocenters. The van der Waals surface area contributed by atoms with Crippen molar-refractivity contribution in [2.24, 2.45) is 7.05 Å². The molecule has 1 aromatic carbocycles. The number of carbonyl (C=O) groups excluding carboxylic acids is 1. The first-order chi connectivity index (χ1) is 17.3. The molecule has 0 saturated heterocycles. The lowest BCUT2D eigenvalue weighted by atomic mass is 10.0. The van der Waals surface area contributed by atoms with Crippen LogP contribution in [0, 0.1) is 0 Å². The molecule has 4 aromatic rings. The molecule has 4 rings (SSSR count). The van der Waals surface area contributed by atoms with Gasteiger partial charge >= 0.3 is 0 Å². The highest BCUT2D eigenvalue weighted by Crippen LogP contribution is 2.45. The van der Waals surface area contributed by atoms with Crippen LogP contribution >= 0.6 is 23.2 Å². The Hall–Kier alpha value is -4.15. The quantitative estimate of drug-likeness (QED) is 0.335. The van der Waals surface area contributed by atoms with Gasteiger partial charge in [0, 0.05) is 36.5 Å². The molecule has 3 heterocycles. The highest BCUT2D eigenvalue weighted by Gasteiger charge is 2.22. The number of nitrogens with one attached hydrogen (secondary N) is 2. The average molecular weight is 527 g/mol. The van der Waals surface area contributed by atoms with Gasteiger partial charge in [-0.1, -0.05) is 29.8 Å². The van der Waals surface area contributed by atoms with Crippen molar-refractivity contribution in [1.29, 1.82) is 0 Å². The van der Waals surface area contributed by atoms with Crippen LogP contribution in [0.1, 0.15) is 0 Å². The third kappa shape index (κ3) is 4.56. The maximum atomic E-state index is 13.4. The van der Waals surface area contributed by atoms with Crippen molar-refractivity contribution in [2.75, 3.05) is 24.9 Å². The van der Waals surface area contributed by atoms with Crippen molar-refractivity contribution >= 4 is 57.5 Å². The van der Waals surface area contributed by atoms with E-state index in [9.17, 15) is 9.59 Å². The standard InChI is InChI=1S/C24H20Cl2N6O4/c1-5-18(33)29-15-11-27-7-6-14(15)30-24-28-10-12-8-13(23(34)32(2)22(12)31-24)19-20(25)16(35-3)9-17(36-4)21(19)26/h5-11H,1H2,2-4H3,(H,29,33)(H,27,28,30,31). The minimum Gasteiger partial charge on any atom is -0.495 e. The van der Waals surface area contributed by atoms with Crippen LogP contribution in [0.2, 0.25) is 10.0 Å². The highest BCUT2D eigenvalue weighted by atomic mass is 35.5. The number of fused-ring (bicyclic) bond motifs is 1. The van der Waals surface area contributed by atoms with Gasteiger partial charge < -0.3 is 20.1 Å². The molecule has 184 valence electrons. The topological polar surface area (TPSA) is 120 Å². The number of ether oxygens (including phenoxy) is 2. The lowest BCUT2D eigenvalue weighted by Gasteiger charge is -2.16. The molecule has 0 bridgehead atoms. The van der Waals surface area contributed by atoms with E-state index in [4.69, 9.17) is 32.7 Å². The number of rotatable bonds is 7. The number of hydrogen-bond acceptors (Lipinski definition) is 8. The highest BCUT2D eigenvalue weighted by molar-refractivity contribution is 6.41. The number of anilines is 3. The molecule has 12 heteroatoms. The van der Waals surface area contributed by atoms with Crippen LogP contribution in [0.3, 0.4) is 0 Å². The largest absolute Gasteiger partial charge is 0.495 e. The van der Waals surface area contributed by atoms with Gasteiger partial charge in [0.25, 0.3) is 5.56 Å². The van der Waals surface area contributed by atoms with Gasteiger partial charge in [-0.25, -0.2) is 4.98 Å². The lowest BCUT2D eigenvalue weighted by molar-refractivity contribution is -0.111. The predicted octanol–water partition coefficient (Wildman–Crippen LogP) is 4.58. The summed E-state index contributed by atoms with van der Waals surface area (Å²) < 4.78 is 12.0. The van der Waals surface area contributed by atoms with Gasteiger partial charge in [0.05, 0.1) is 47.4 Å². The molecular formula is C24H20Cl2N6O4.